The van der Waals surface area contributed by atoms with E-state index in [9.17, 15) is 9.59 Å². The van der Waals surface area contributed by atoms with Gasteiger partial charge in [0.2, 0.25) is 5.91 Å². The molecule has 0 unspecified atom stereocenters. The van der Waals surface area contributed by atoms with E-state index in [1.807, 2.05) is 19.1 Å². The molecule has 1 heterocycles. The molecule has 0 spiro atoms. The van der Waals surface area contributed by atoms with Crippen molar-refractivity contribution in [3.8, 4) is 5.75 Å². The van der Waals surface area contributed by atoms with E-state index in [0.717, 1.165) is 11.1 Å². The first kappa shape index (κ1) is 15.5. The van der Waals surface area contributed by atoms with Gasteiger partial charge in [-0.15, -0.1) is 0 Å². The third-order valence-corrected chi connectivity index (χ3v) is 3.93. The summed E-state index contributed by atoms with van der Waals surface area (Å²) in [6, 6.07) is 5.91. The van der Waals surface area contributed by atoms with Gasteiger partial charge >= 0.3 is 5.97 Å². The number of likely N-dealkylation sites (tertiary alicyclic amines) is 1. The molecule has 0 aromatic heterocycles. The molecule has 1 aromatic carbocycles. The van der Waals surface area contributed by atoms with Gasteiger partial charge in [-0.05, 0) is 42.5 Å². The zero-order valence-corrected chi connectivity index (χ0v) is 13.2. The van der Waals surface area contributed by atoms with Gasteiger partial charge in [-0.3, -0.25) is 9.59 Å². The number of hydrogen-bond donors (Lipinski definition) is 0. The summed E-state index contributed by atoms with van der Waals surface area (Å²) in [4.78, 5) is 25.2. The van der Waals surface area contributed by atoms with Crippen molar-refractivity contribution in [2.24, 2.45) is 5.92 Å². The van der Waals surface area contributed by atoms with Crippen molar-refractivity contribution in [3.05, 3.63) is 29.3 Å². The molecule has 21 heavy (non-hydrogen) atoms. The van der Waals surface area contributed by atoms with Crippen LogP contribution in [0, 0.1) is 12.8 Å². The van der Waals surface area contributed by atoms with Gasteiger partial charge in [-0.1, -0.05) is 19.9 Å². The van der Waals surface area contributed by atoms with Crippen LogP contribution >= 0.6 is 0 Å². The Bertz CT molecular complexity index is 551. The molecule has 1 aromatic rings. The van der Waals surface area contributed by atoms with Gasteiger partial charge in [-0.25, -0.2) is 0 Å². The van der Waals surface area contributed by atoms with E-state index in [-0.39, 0.29) is 17.8 Å². The van der Waals surface area contributed by atoms with Crippen molar-refractivity contribution in [2.45, 2.75) is 40.0 Å². The predicted molar refractivity (Wildman–Crippen MR) is 81.3 cm³/mol. The molecule has 1 aliphatic heterocycles. The highest BCUT2D eigenvalue weighted by molar-refractivity contribution is 5.79. The first-order valence-corrected chi connectivity index (χ1v) is 7.45. The Kier molecular flexibility index (Phi) is 4.66. The van der Waals surface area contributed by atoms with Crippen molar-refractivity contribution < 1.29 is 14.3 Å². The highest BCUT2D eigenvalue weighted by atomic mass is 16.5. The molecular weight excluding hydrogens is 266 g/mol. The first-order valence-electron chi connectivity index (χ1n) is 7.45. The average Bonchev–Trinajstić information content (AvgIpc) is 2.87. The molecule has 114 valence electrons. The summed E-state index contributed by atoms with van der Waals surface area (Å²) in [6.07, 6.45) is 0.682. The third kappa shape index (κ3) is 3.84. The van der Waals surface area contributed by atoms with E-state index in [2.05, 4.69) is 19.9 Å². The summed E-state index contributed by atoms with van der Waals surface area (Å²) in [5.74, 6) is 0.561. The Labute approximate surface area is 126 Å². The number of hydrogen-bond acceptors (Lipinski definition) is 3. The molecule has 1 amide bonds. The molecule has 1 saturated heterocycles. The maximum atomic E-state index is 12.2. The second-order valence-corrected chi connectivity index (χ2v) is 6.11. The van der Waals surface area contributed by atoms with Crippen LogP contribution in [0.3, 0.4) is 0 Å². The summed E-state index contributed by atoms with van der Waals surface area (Å²) in [5, 5.41) is 0. The van der Waals surface area contributed by atoms with Crippen LogP contribution in [0.2, 0.25) is 0 Å². The molecule has 1 aliphatic rings. The van der Waals surface area contributed by atoms with E-state index in [0.29, 0.717) is 31.2 Å². The lowest BCUT2D eigenvalue weighted by Crippen LogP contribution is -2.29. The number of rotatable bonds is 3. The van der Waals surface area contributed by atoms with Crippen molar-refractivity contribution in [3.63, 3.8) is 0 Å². The molecule has 0 saturated carbocycles. The summed E-state index contributed by atoms with van der Waals surface area (Å²) in [7, 11) is 0. The lowest BCUT2D eigenvalue weighted by atomic mass is 10.0. The summed E-state index contributed by atoms with van der Waals surface area (Å²) < 4.78 is 5.52. The first-order chi connectivity index (χ1) is 9.86. The third-order valence-electron chi connectivity index (χ3n) is 3.93. The maximum Gasteiger partial charge on any atom is 0.316 e. The standard InChI is InChI=1S/C17H23NO3/c1-11(2)15-7-12(3)8-16(9-15)21-17(20)14-5-6-18(10-14)13(4)19/h7-9,11,14H,5-6,10H2,1-4H3/t14-/m1/s1. The Morgan fingerprint density at radius 1 is 1.29 bits per heavy atom. The van der Waals surface area contributed by atoms with Crippen LogP contribution in [0.5, 0.6) is 5.75 Å². The summed E-state index contributed by atoms with van der Waals surface area (Å²) >= 11 is 0. The summed E-state index contributed by atoms with van der Waals surface area (Å²) in [5.41, 5.74) is 2.25. The Balaban J connectivity index is 2.05. The monoisotopic (exact) mass is 289 g/mol. The highest BCUT2D eigenvalue weighted by Crippen LogP contribution is 2.25. The number of amides is 1. The number of nitrogens with zero attached hydrogens (tertiary/aromatic N) is 1. The maximum absolute atomic E-state index is 12.2. The lowest BCUT2D eigenvalue weighted by molar-refractivity contribution is -0.138. The highest BCUT2D eigenvalue weighted by Gasteiger charge is 2.31. The van der Waals surface area contributed by atoms with Crippen molar-refractivity contribution in [1.29, 1.82) is 0 Å². The zero-order valence-electron chi connectivity index (χ0n) is 13.2. The molecule has 4 nitrogen and oxygen atoms in total. The van der Waals surface area contributed by atoms with Crippen LogP contribution in [0.15, 0.2) is 18.2 Å². The van der Waals surface area contributed by atoms with Crippen LogP contribution in [0.4, 0.5) is 0 Å². The Hall–Kier alpha value is -1.84. The SMILES string of the molecule is CC(=O)N1CC[C@@H](C(=O)Oc2cc(C)cc(C(C)C)c2)C1. The number of benzene rings is 1. The minimum absolute atomic E-state index is 0.0166. The fourth-order valence-corrected chi connectivity index (χ4v) is 2.61. The topological polar surface area (TPSA) is 46.6 Å². The Morgan fingerprint density at radius 3 is 2.57 bits per heavy atom. The van der Waals surface area contributed by atoms with Gasteiger partial charge in [-0.2, -0.15) is 0 Å². The van der Waals surface area contributed by atoms with Crippen molar-refractivity contribution >= 4 is 11.9 Å². The number of carbonyl (C=O) groups is 2. The molecule has 0 bridgehead atoms. The largest absolute Gasteiger partial charge is 0.426 e. The van der Waals surface area contributed by atoms with E-state index in [1.54, 1.807) is 4.90 Å². The molecule has 0 N–H and O–H groups in total. The van der Waals surface area contributed by atoms with Crippen LogP contribution in [-0.4, -0.2) is 29.9 Å². The normalized spacial score (nSPS) is 18.1. The van der Waals surface area contributed by atoms with Gasteiger partial charge in [0.15, 0.2) is 0 Å². The molecule has 0 aliphatic carbocycles. The van der Waals surface area contributed by atoms with E-state index in [1.165, 1.54) is 6.92 Å². The lowest BCUT2D eigenvalue weighted by Gasteiger charge is -2.14. The van der Waals surface area contributed by atoms with Crippen LogP contribution < -0.4 is 4.74 Å². The Morgan fingerprint density at radius 2 is 2.00 bits per heavy atom. The van der Waals surface area contributed by atoms with Gasteiger partial charge in [0.05, 0.1) is 5.92 Å². The second-order valence-electron chi connectivity index (χ2n) is 6.11. The fourth-order valence-electron chi connectivity index (χ4n) is 2.61. The van der Waals surface area contributed by atoms with Gasteiger partial charge in [0.25, 0.3) is 0 Å². The van der Waals surface area contributed by atoms with E-state index >= 15 is 0 Å². The van der Waals surface area contributed by atoms with E-state index in [4.69, 9.17) is 4.74 Å². The van der Waals surface area contributed by atoms with Crippen molar-refractivity contribution in [2.75, 3.05) is 13.1 Å². The number of carbonyl (C=O) groups excluding carboxylic acids is 2. The molecule has 0 radical (unpaired) electrons. The summed E-state index contributed by atoms with van der Waals surface area (Å²) in [6.45, 7) is 8.86. The minimum atomic E-state index is -0.237. The zero-order chi connectivity index (χ0) is 15.6. The van der Waals surface area contributed by atoms with Gasteiger partial charge < -0.3 is 9.64 Å². The van der Waals surface area contributed by atoms with E-state index < -0.39 is 0 Å². The minimum Gasteiger partial charge on any atom is -0.426 e. The molecule has 4 heteroatoms. The fraction of sp³-hybridized carbons (Fsp3) is 0.529. The molecule has 1 fully saturated rings. The smallest absolute Gasteiger partial charge is 0.316 e. The quantitative estimate of drug-likeness (QED) is 0.635. The average molecular weight is 289 g/mol. The van der Waals surface area contributed by atoms with Gasteiger partial charge in [0.1, 0.15) is 5.75 Å². The number of esters is 1. The number of aryl methyl sites for hydroxylation is 1. The predicted octanol–water partition coefficient (Wildman–Crippen LogP) is 2.89. The van der Waals surface area contributed by atoms with Crippen LogP contribution in [-0.2, 0) is 9.59 Å². The molecule has 2 rings (SSSR count). The van der Waals surface area contributed by atoms with Crippen LogP contribution in [0.1, 0.15) is 44.2 Å². The number of ether oxygens (including phenoxy) is 1. The van der Waals surface area contributed by atoms with Gasteiger partial charge in [0, 0.05) is 20.0 Å². The molecule has 1 atom stereocenters. The van der Waals surface area contributed by atoms with Crippen LogP contribution in [0.25, 0.3) is 0 Å². The molecular formula is C17H23NO3. The van der Waals surface area contributed by atoms with Crippen molar-refractivity contribution in [1.82, 2.24) is 4.90 Å². The second kappa shape index (κ2) is 6.29.